The maximum atomic E-state index is 6.16. The number of halogens is 2. The lowest BCUT2D eigenvalue weighted by atomic mass is 9.90. The fraction of sp³-hybridized carbons (Fsp3) is 0.500. The number of methoxy groups -OCH3 is 1. The summed E-state index contributed by atoms with van der Waals surface area (Å²) in [5.41, 5.74) is 1.09. The Kier molecular flexibility index (Phi) is 4.30. The van der Waals surface area contributed by atoms with Crippen molar-refractivity contribution >= 4 is 23.2 Å². The van der Waals surface area contributed by atoms with Gasteiger partial charge in [-0.2, -0.15) is 0 Å². The van der Waals surface area contributed by atoms with Gasteiger partial charge in [-0.3, -0.25) is 0 Å². The molecule has 84 valence electrons. The van der Waals surface area contributed by atoms with E-state index in [1.165, 1.54) is 0 Å². The number of hydrogen-bond donors (Lipinski definition) is 0. The molecule has 3 heteroatoms. The summed E-state index contributed by atoms with van der Waals surface area (Å²) in [5, 5.41) is 1.27. The van der Waals surface area contributed by atoms with Gasteiger partial charge in [0.25, 0.3) is 0 Å². The predicted octanol–water partition coefficient (Wildman–Crippen LogP) is 4.76. The first-order valence-electron chi connectivity index (χ1n) is 5.00. The molecule has 0 spiro atoms. The lowest BCUT2D eigenvalue weighted by molar-refractivity contribution is 0.413. The summed E-state index contributed by atoms with van der Waals surface area (Å²) in [6, 6.07) is 3.67. The van der Waals surface area contributed by atoms with Crippen molar-refractivity contribution in [2.24, 2.45) is 5.92 Å². The van der Waals surface area contributed by atoms with E-state index < -0.39 is 0 Å². The van der Waals surface area contributed by atoms with Crippen LogP contribution >= 0.6 is 23.2 Å². The van der Waals surface area contributed by atoms with Crippen LogP contribution in [0.4, 0.5) is 0 Å². The molecule has 0 N–H and O–H groups in total. The topological polar surface area (TPSA) is 9.23 Å². The third-order valence-corrected chi connectivity index (χ3v) is 3.38. The zero-order valence-corrected chi connectivity index (χ0v) is 11.0. The summed E-state index contributed by atoms with van der Waals surface area (Å²) < 4.78 is 5.18. The largest absolute Gasteiger partial charge is 0.495 e. The summed E-state index contributed by atoms with van der Waals surface area (Å²) in [6.45, 7) is 6.49. The molecule has 0 aliphatic rings. The van der Waals surface area contributed by atoms with Gasteiger partial charge in [0.15, 0.2) is 0 Å². The fourth-order valence-electron chi connectivity index (χ4n) is 1.41. The number of ether oxygens (including phenoxy) is 1. The van der Waals surface area contributed by atoms with Gasteiger partial charge in [0.05, 0.1) is 12.1 Å². The van der Waals surface area contributed by atoms with Crippen LogP contribution in [-0.2, 0) is 0 Å². The molecule has 1 nitrogen and oxygen atoms in total. The zero-order valence-electron chi connectivity index (χ0n) is 9.47. The Morgan fingerprint density at radius 2 is 1.67 bits per heavy atom. The maximum absolute atomic E-state index is 6.16. The monoisotopic (exact) mass is 246 g/mol. The van der Waals surface area contributed by atoms with E-state index in [2.05, 4.69) is 20.8 Å². The Morgan fingerprint density at radius 3 is 2.13 bits per heavy atom. The van der Waals surface area contributed by atoms with Crippen molar-refractivity contribution < 1.29 is 4.74 Å². The van der Waals surface area contributed by atoms with Crippen molar-refractivity contribution in [2.45, 2.75) is 26.7 Å². The summed E-state index contributed by atoms with van der Waals surface area (Å²) in [5.74, 6) is 1.61. The first-order valence-corrected chi connectivity index (χ1v) is 5.76. The summed E-state index contributed by atoms with van der Waals surface area (Å²) >= 11 is 12.1. The van der Waals surface area contributed by atoms with E-state index in [-0.39, 0.29) is 0 Å². The summed E-state index contributed by atoms with van der Waals surface area (Å²) in [6.07, 6.45) is 0. The molecule has 0 heterocycles. The molecule has 0 amide bonds. The lowest BCUT2D eigenvalue weighted by Gasteiger charge is -2.18. The molecule has 1 aromatic carbocycles. The molecule has 0 saturated heterocycles. The molecule has 1 atom stereocenters. The second kappa shape index (κ2) is 5.09. The molecular weight excluding hydrogens is 231 g/mol. The predicted molar refractivity (Wildman–Crippen MR) is 66.3 cm³/mol. The molecular formula is C12H16Cl2O. The molecule has 0 aliphatic heterocycles. The second-order valence-electron chi connectivity index (χ2n) is 4.04. The molecule has 0 aliphatic carbocycles. The average Bonchev–Trinajstić information content (AvgIpc) is 2.17. The van der Waals surface area contributed by atoms with Gasteiger partial charge in [-0.1, -0.05) is 44.0 Å². The van der Waals surface area contributed by atoms with Crippen molar-refractivity contribution in [3.63, 3.8) is 0 Å². The highest BCUT2D eigenvalue weighted by molar-refractivity contribution is 6.36. The Bertz CT molecular complexity index is 348. The van der Waals surface area contributed by atoms with Crippen LogP contribution in [0.1, 0.15) is 32.3 Å². The quantitative estimate of drug-likeness (QED) is 0.748. The van der Waals surface area contributed by atoms with Crippen LogP contribution in [0.25, 0.3) is 0 Å². The van der Waals surface area contributed by atoms with Gasteiger partial charge < -0.3 is 4.74 Å². The van der Waals surface area contributed by atoms with Crippen molar-refractivity contribution in [3.8, 4) is 5.75 Å². The van der Waals surface area contributed by atoms with Crippen LogP contribution < -0.4 is 4.74 Å². The Balaban J connectivity index is 3.18. The molecule has 0 fully saturated rings. The highest BCUT2D eigenvalue weighted by Crippen LogP contribution is 2.36. The Labute approximate surface area is 101 Å². The lowest BCUT2D eigenvalue weighted by Crippen LogP contribution is -2.03. The minimum Gasteiger partial charge on any atom is -0.495 e. The molecule has 1 rings (SSSR count). The van der Waals surface area contributed by atoms with Crippen LogP contribution in [0.3, 0.4) is 0 Å². The van der Waals surface area contributed by atoms with Gasteiger partial charge in [0.1, 0.15) is 5.75 Å². The van der Waals surface area contributed by atoms with Gasteiger partial charge in [-0.05, 0) is 29.5 Å². The Hall–Kier alpha value is -0.400. The van der Waals surface area contributed by atoms with Gasteiger partial charge in [-0.15, -0.1) is 0 Å². The zero-order chi connectivity index (χ0) is 11.6. The standard InChI is InChI=1S/C12H16Cl2O/c1-7(2)8(3)9-5-12(15-4)11(14)6-10(9)13/h5-8H,1-4H3. The molecule has 1 unspecified atom stereocenters. The summed E-state index contributed by atoms with van der Waals surface area (Å²) in [4.78, 5) is 0. The Morgan fingerprint density at radius 1 is 1.07 bits per heavy atom. The minimum absolute atomic E-state index is 0.392. The van der Waals surface area contributed by atoms with Gasteiger partial charge in [-0.25, -0.2) is 0 Å². The highest BCUT2D eigenvalue weighted by Gasteiger charge is 2.16. The van der Waals surface area contributed by atoms with Crippen molar-refractivity contribution in [1.82, 2.24) is 0 Å². The van der Waals surface area contributed by atoms with E-state index in [4.69, 9.17) is 27.9 Å². The van der Waals surface area contributed by atoms with Gasteiger partial charge in [0.2, 0.25) is 0 Å². The number of rotatable bonds is 3. The van der Waals surface area contributed by atoms with E-state index in [0.29, 0.717) is 27.6 Å². The van der Waals surface area contributed by atoms with Crippen molar-refractivity contribution in [3.05, 3.63) is 27.7 Å². The summed E-state index contributed by atoms with van der Waals surface area (Å²) in [7, 11) is 1.61. The first kappa shape index (κ1) is 12.7. The first-order chi connectivity index (χ1) is 6.97. The van der Waals surface area contributed by atoms with Crippen LogP contribution in [0.15, 0.2) is 12.1 Å². The molecule has 0 bridgehead atoms. The van der Waals surface area contributed by atoms with E-state index in [9.17, 15) is 0 Å². The highest BCUT2D eigenvalue weighted by atomic mass is 35.5. The minimum atomic E-state index is 0.392. The van der Waals surface area contributed by atoms with Crippen molar-refractivity contribution in [1.29, 1.82) is 0 Å². The van der Waals surface area contributed by atoms with Crippen molar-refractivity contribution in [2.75, 3.05) is 7.11 Å². The van der Waals surface area contributed by atoms with Gasteiger partial charge >= 0.3 is 0 Å². The smallest absolute Gasteiger partial charge is 0.137 e. The van der Waals surface area contributed by atoms with Crippen LogP contribution in [-0.4, -0.2) is 7.11 Å². The molecule has 0 aromatic heterocycles. The third kappa shape index (κ3) is 2.79. The van der Waals surface area contributed by atoms with E-state index in [1.807, 2.05) is 6.07 Å². The normalized spacial score (nSPS) is 13.0. The van der Waals surface area contributed by atoms with Crippen LogP contribution in [0.5, 0.6) is 5.75 Å². The number of benzene rings is 1. The SMILES string of the molecule is COc1cc(C(C)C(C)C)c(Cl)cc1Cl. The third-order valence-electron chi connectivity index (χ3n) is 2.76. The van der Waals surface area contributed by atoms with E-state index in [0.717, 1.165) is 5.56 Å². The maximum Gasteiger partial charge on any atom is 0.137 e. The second-order valence-corrected chi connectivity index (χ2v) is 4.86. The average molecular weight is 247 g/mol. The van der Waals surface area contributed by atoms with E-state index in [1.54, 1.807) is 13.2 Å². The van der Waals surface area contributed by atoms with Crippen LogP contribution in [0, 0.1) is 5.92 Å². The number of hydrogen-bond acceptors (Lipinski definition) is 1. The molecule has 1 aromatic rings. The fourth-order valence-corrected chi connectivity index (χ4v) is 2.04. The van der Waals surface area contributed by atoms with Gasteiger partial charge in [0, 0.05) is 5.02 Å². The van der Waals surface area contributed by atoms with E-state index >= 15 is 0 Å². The molecule has 0 saturated carbocycles. The van der Waals surface area contributed by atoms with Crippen LogP contribution in [0.2, 0.25) is 10.0 Å². The molecule has 0 radical (unpaired) electrons. The molecule has 15 heavy (non-hydrogen) atoms.